The third kappa shape index (κ3) is 4.81. The first-order valence-electron chi connectivity index (χ1n) is 8.57. The van der Waals surface area contributed by atoms with Gasteiger partial charge in [-0.3, -0.25) is 9.59 Å². The summed E-state index contributed by atoms with van der Waals surface area (Å²) in [5.41, 5.74) is 6.37. The Hall–Kier alpha value is -2.89. The molecule has 0 atom stereocenters. The standard InChI is InChI=1S/C20H21FN2O3/c21-16-9-7-15(8-10-16)12-23(11-14-5-6-14)20(25)17-3-1-2-4-18(17)26-13-19(22)24/h1-4,7-10,14H,5-6,11-13H2,(H2,22,24). The number of carbonyl (C=O) groups is 2. The van der Waals surface area contributed by atoms with Crippen molar-refractivity contribution < 1.29 is 18.7 Å². The Labute approximate surface area is 151 Å². The number of carbonyl (C=O) groups excluding carboxylic acids is 2. The molecule has 5 nitrogen and oxygen atoms in total. The Morgan fingerprint density at radius 2 is 1.81 bits per heavy atom. The lowest BCUT2D eigenvalue weighted by atomic mass is 10.1. The zero-order valence-electron chi connectivity index (χ0n) is 14.4. The van der Waals surface area contributed by atoms with Crippen LogP contribution in [0.1, 0.15) is 28.8 Å². The van der Waals surface area contributed by atoms with Gasteiger partial charge in [-0.05, 0) is 48.6 Å². The number of benzene rings is 2. The maximum absolute atomic E-state index is 13.1. The molecule has 1 aliphatic rings. The van der Waals surface area contributed by atoms with Gasteiger partial charge in [-0.15, -0.1) is 0 Å². The molecular formula is C20H21FN2O3. The number of primary amides is 1. The molecule has 2 aromatic rings. The van der Waals surface area contributed by atoms with Crippen LogP contribution in [0.3, 0.4) is 0 Å². The van der Waals surface area contributed by atoms with E-state index >= 15 is 0 Å². The van der Waals surface area contributed by atoms with Gasteiger partial charge in [-0.2, -0.15) is 0 Å². The molecule has 0 aromatic heterocycles. The lowest BCUT2D eigenvalue weighted by Gasteiger charge is -2.24. The molecule has 0 aliphatic heterocycles. The summed E-state index contributed by atoms with van der Waals surface area (Å²) >= 11 is 0. The molecule has 136 valence electrons. The summed E-state index contributed by atoms with van der Waals surface area (Å²) in [5, 5.41) is 0. The van der Waals surface area contributed by atoms with Crippen molar-refractivity contribution >= 4 is 11.8 Å². The van der Waals surface area contributed by atoms with E-state index in [4.69, 9.17) is 10.5 Å². The monoisotopic (exact) mass is 356 g/mol. The predicted octanol–water partition coefficient (Wildman–Crippen LogP) is 2.74. The highest BCUT2D eigenvalue weighted by atomic mass is 19.1. The molecule has 2 N–H and O–H groups in total. The van der Waals surface area contributed by atoms with Crippen molar-refractivity contribution in [1.29, 1.82) is 0 Å². The highest BCUT2D eigenvalue weighted by Gasteiger charge is 2.28. The van der Waals surface area contributed by atoms with Crippen LogP contribution in [0.2, 0.25) is 0 Å². The number of rotatable bonds is 8. The summed E-state index contributed by atoms with van der Waals surface area (Å²) in [4.78, 5) is 25.8. The summed E-state index contributed by atoms with van der Waals surface area (Å²) in [7, 11) is 0. The summed E-state index contributed by atoms with van der Waals surface area (Å²) in [5.74, 6) is -0.261. The molecule has 2 aromatic carbocycles. The molecule has 6 heteroatoms. The van der Waals surface area contributed by atoms with E-state index in [1.54, 1.807) is 41.3 Å². The fraction of sp³-hybridized carbons (Fsp3) is 0.300. The third-order valence-corrected chi connectivity index (χ3v) is 4.24. The topological polar surface area (TPSA) is 72.6 Å². The zero-order valence-corrected chi connectivity index (χ0v) is 14.4. The molecule has 3 rings (SSSR count). The second-order valence-corrected chi connectivity index (χ2v) is 6.51. The molecule has 2 amide bonds. The van der Waals surface area contributed by atoms with Gasteiger partial charge in [-0.25, -0.2) is 4.39 Å². The van der Waals surface area contributed by atoms with Crippen molar-refractivity contribution in [3.8, 4) is 5.75 Å². The van der Waals surface area contributed by atoms with Crippen LogP contribution >= 0.6 is 0 Å². The smallest absolute Gasteiger partial charge is 0.257 e. The van der Waals surface area contributed by atoms with Gasteiger partial charge in [0.2, 0.25) is 0 Å². The van der Waals surface area contributed by atoms with Crippen molar-refractivity contribution in [2.24, 2.45) is 11.7 Å². The number of nitrogens with two attached hydrogens (primary N) is 1. The SMILES string of the molecule is NC(=O)COc1ccccc1C(=O)N(Cc1ccc(F)cc1)CC1CC1. The third-order valence-electron chi connectivity index (χ3n) is 4.24. The van der Waals surface area contributed by atoms with Crippen LogP contribution in [-0.2, 0) is 11.3 Å². The van der Waals surface area contributed by atoms with E-state index in [2.05, 4.69) is 0 Å². The van der Waals surface area contributed by atoms with Crippen LogP contribution in [-0.4, -0.2) is 29.9 Å². The maximum atomic E-state index is 13.1. The normalized spacial score (nSPS) is 13.3. The quantitative estimate of drug-likeness (QED) is 0.790. The van der Waals surface area contributed by atoms with Crippen LogP contribution in [0.15, 0.2) is 48.5 Å². The highest BCUT2D eigenvalue weighted by molar-refractivity contribution is 5.97. The number of amides is 2. The van der Waals surface area contributed by atoms with Crippen LogP contribution in [0, 0.1) is 11.7 Å². The Balaban J connectivity index is 1.80. The van der Waals surface area contributed by atoms with Gasteiger partial charge in [0.1, 0.15) is 11.6 Å². The molecule has 26 heavy (non-hydrogen) atoms. The van der Waals surface area contributed by atoms with Gasteiger partial charge >= 0.3 is 0 Å². The molecule has 0 bridgehead atoms. The molecule has 0 spiro atoms. The number of hydrogen-bond donors (Lipinski definition) is 1. The fourth-order valence-electron chi connectivity index (χ4n) is 2.73. The van der Waals surface area contributed by atoms with Gasteiger partial charge in [0.05, 0.1) is 5.56 Å². The Morgan fingerprint density at radius 3 is 2.46 bits per heavy atom. The Morgan fingerprint density at radius 1 is 1.12 bits per heavy atom. The molecular weight excluding hydrogens is 335 g/mol. The van der Waals surface area contributed by atoms with Crippen molar-refractivity contribution in [2.45, 2.75) is 19.4 Å². The largest absolute Gasteiger partial charge is 0.483 e. The van der Waals surface area contributed by atoms with E-state index in [0.29, 0.717) is 30.3 Å². The van der Waals surface area contributed by atoms with E-state index in [1.165, 1.54) is 12.1 Å². The van der Waals surface area contributed by atoms with Gasteiger partial charge in [0.25, 0.3) is 11.8 Å². The molecule has 1 aliphatic carbocycles. The Bertz CT molecular complexity index is 788. The number of halogens is 1. The molecule has 0 saturated heterocycles. The summed E-state index contributed by atoms with van der Waals surface area (Å²) < 4.78 is 18.5. The minimum atomic E-state index is -0.603. The molecule has 0 radical (unpaired) electrons. The molecule has 0 unspecified atom stereocenters. The van der Waals surface area contributed by atoms with E-state index in [1.807, 2.05) is 0 Å². The zero-order chi connectivity index (χ0) is 18.5. The summed E-state index contributed by atoms with van der Waals surface area (Å²) in [6.45, 7) is 0.741. The molecule has 0 heterocycles. The average molecular weight is 356 g/mol. The minimum Gasteiger partial charge on any atom is -0.483 e. The number of ether oxygens (including phenoxy) is 1. The van der Waals surface area contributed by atoms with Crippen LogP contribution in [0.25, 0.3) is 0 Å². The number of hydrogen-bond acceptors (Lipinski definition) is 3. The van der Waals surface area contributed by atoms with Gasteiger partial charge < -0.3 is 15.4 Å². The summed E-state index contributed by atoms with van der Waals surface area (Å²) in [6.07, 6.45) is 2.21. The average Bonchev–Trinajstić information content (AvgIpc) is 3.45. The predicted molar refractivity (Wildman–Crippen MR) is 95.0 cm³/mol. The van der Waals surface area contributed by atoms with Gasteiger partial charge in [0.15, 0.2) is 6.61 Å². The Kier molecular flexibility index (Phi) is 5.51. The highest BCUT2D eigenvalue weighted by Crippen LogP contribution is 2.31. The summed E-state index contributed by atoms with van der Waals surface area (Å²) in [6, 6.07) is 12.9. The first-order valence-corrected chi connectivity index (χ1v) is 8.57. The van der Waals surface area contributed by atoms with Crippen LogP contribution in [0.4, 0.5) is 4.39 Å². The second kappa shape index (κ2) is 7.99. The van der Waals surface area contributed by atoms with Crippen LogP contribution in [0.5, 0.6) is 5.75 Å². The van der Waals surface area contributed by atoms with E-state index in [9.17, 15) is 14.0 Å². The van der Waals surface area contributed by atoms with Crippen molar-refractivity contribution in [3.05, 3.63) is 65.5 Å². The number of nitrogens with zero attached hydrogens (tertiary/aromatic N) is 1. The first-order chi connectivity index (χ1) is 12.5. The van der Waals surface area contributed by atoms with Crippen LogP contribution < -0.4 is 10.5 Å². The van der Waals surface area contributed by atoms with Crippen molar-refractivity contribution in [3.63, 3.8) is 0 Å². The first kappa shape index (κ1) is 17.9. The maximum Gasteiger partial charge on any atom is 0.257 e. The van der Waals surface area contributed by atoms with Crippen molar-refractivity contribution in [1.82, 2.24) is 4.90 Å². The van der Waals surface area contributed by atoms with E-state index in [-0.39, 0.29) is 18.3 Å². The molecule has 1 saturated carbocycles. The minimum absolute atomic E-state index is 0.179. The van der Waals surface area contributed by atoms with E-state index in [0.717, 1.165) is 18.4 Å². The van der Waals surface area contributed by atoms with E-state index < -0.39 is 5.91 Å². The fourth-order valence-corrected chi connectivity index (χ4v) is 2.73. The lowest BCUT2D eigenvalue weighted by molar-refractivity contribution is -0.119. The van der Waals surface area contributed by atoms with Gasteiger partial charge in [0, 0.05) is 13.1 Å². The number of para-hydroxylation sites is 1. The van der Waals surface area contributed by atoms with Gasteiger partial charge in [-0.1, -0.05) is 24.3 Å². The van der Waals surface area contributed by atoms with Crippen molar-refractivity contribution in [2.75, 3.05) is 13.2 Å². The molecule has 1 fully saturated rings. The lowest BCUT2D eigenvalue weighted by Crippen LogP contribution is -2.33. The second-order valence-electron chi connectivity index (χ2n) is 6.51.